The highest BCUT2D eigenvalue weighted by Crippen LogP contribution is 2.24. The number of nitrogens with one attached hydrogen (secondary N) is 2. The molecule has 2 aliphatic rings. The minimum atomic E-state index is -1.23. The zero-order chi connectivity index (χ0) is 22.3. The minimum absolute atomic E-state index is 0.274. The summed E-state index contributed by atoms with van der Waals surface area (Å²) in [4.78, 5) is 30.7. The van der Waals surface area contributed by atoms with Crippen LogP contribution in [0.1, 0.15) is 31.2 Å². The summed E-state index contributed by atoms with van der Waals surface area (Å²) in [6.45, 7) is 3.63. The molecule has 0 radical (unpaired) electrons. The molecule has 0 bridgehead atoms. The van der Waals surface area contributed by atoms with E-state index in [2.05, 4.69) is 15.6 Å². The maximum atomic E-state index is 13.0. The average Bonchev–Trinajstić information content (AvgIpc) is 3.23. The molecule has 1 unspecified atom stereocenters. The molecule has 2 saturated heterocycles. The Morgan fingerprint density at radius 3 is 2.56 bits per heavy atom. The molecule has 0 saturated carbocycles. The number of anilines is 1. The van der Waals surface area contributed by atoms with E-state index < -0.39 is 11.0 Å². The standard InChI is InChI=1S/C23H29N5O3S/c29-22-4-2-12-27(22)17-18-9-13-28(14-10-18)32(31)21-7-5-20(6-8-21)26-23(30)25-16-19-3-1-11-24-15-19/h1,3,5-8,11,15,18H,2,4,9-10,12-14,16-17H2,(H2,25,26,30). The van der Waals surface area contributed by atoms with E-state index in [9.17, 15) is 13.8 Å². The van der Waals surface area contributed by atoms with E-state index in [-0.39, 0.29) is 11.9 Å². The molecule has 2 aliphatic heterocycles. The average molecular weight is 456 g/mol. The number of carbonyl (C=O) groups excluding carboxylic acids is 2. The van der Waals surface area contributed by atoms with Gasteiger partial charge in [0, 0.05) is 57.2 Å². The molecule has 8 nitrogen and oxygen atoms in total. The van der Waals surface area contributed by atoms with Gasteiger partial charge in [-0.2, -0.15) is 0 Å². The van der Waals surface area contributed by atoms with Gasteiger partial charge in [0.2, 0.25) is 5.91 Å². The van der Waals surface area contributed by atoms with Crippen LogP contribution < -0.4 is 10.6 Å². The molecule has 3 amide bonds. The van der Waals surface area contributed by atoms with Gasteiger partial charge >= 0.3 is 6.03 Å². The normalized spacial score (nSPS) is 18.5. The fourth-order valence-corrected chi connectivity index (χ4v) is 5.34. The van der Waals surface area contributed by atoms with Gasteiger partial charge in [0.05, 0.1) is 4.90 Å². The molecule has 2 aromatic rings. The van der Waals surface area contributed by atoms with Gasteiger partial charge in [-0.05, 0) is 61.1 Å². The Balaban J connectivity index is 1.22. The van der Waals surface area contributed by atoms with Crippen LogP contribution in [0, 0.1) is 5.92 Å². The largest absolute Gasteiger partial charge is 0.342 e. The number of pyridine rings is 1. The Morgan fingerprint density at radius 1 is 1.12 bits per heavy atom. The molecule has 3 heterocycles. The van der Waals surface area contributed by atoms with Gasteiger partial charge in [0.1, 0.15) is 11.0 Å². The SMILES string of the molecule is O=C(NCc1cccnc1)Nc1ccc(S(=O)N2CCC(CN3CCCC3=O)CC2)cc1. The van der Waals surface area contributed by atoms with Gasteiger partial charge in [-0.1, -0.05) is 6.07 Å². The number of aromatic nitrogens is 1. The van der Waals surface area contributed by atoms with E-state index >= 15 is 0 Å². The summed E-state index contributed by atoms with van der Waals surface area (Å²) >= 11 is 0. The van der Waals surface area contributed by atoms with Crippen molar-refractivity contribution < 1.29 is 13.8 Å². The predicted molar refractivity (Wildman–Crippen MR) is 123 cm³/mol. The third kappa shape index (κ3) is 5.92. The number of piperidine rings is 1. The number of amides is 3. The highest BCUT2D eigenvalue weighted by molar-refractivity contribution is 7.82. The number of rotatable bonds is 7. The predicted octanol–water partition coefficient (Wildman–Crippen LogP) is 2.76. The fourth-order valence-electron chi connectivity index (χ4n) is 4.13. The van der Waals surface area contributed by atoms with Crippen molar-refractivity contribution in [2.45, 2.75) is 37.1 Å². The second kappa shape index (κ2) is 10.7. The monoisotopic (exact) mass is 455 g/mol. The van der Waals surface area contributed by atoms with Crippen LogP contribution in [-0.2, 0) is 22.3 Å². The van der Waals surface area contributed by atoms with Crippen molar-refractivity contribution >= 4 is 28.6 Å². The van der Waals surface area contributed by atoms with Gasteiger partial charge in [0.15, 0.2) is 0 Å². The Morgan fingerprint density at radius 2 is 1.91 bits per heavy atom. The Labute approximate surface area is 191 Å². The second-order valence-corrected chi connectivity index (χ2v) is 9.74. The summed E-state index contributed by atoms with van der Waals surface area (Å²) in [6.07, 6.45) is 6.95. The highest BCUT2D eigenvalue weighted by Gasteiger charge is 2.28. The number of nitrogens with zero attached hydrogens (tertiary/aromatic N) is 3. The number of urea groups is 1. The van der Waals surface area contributed by atoms with Crippen molar-refractivity contribution in [3.05, 3.63) is 54.4 Å². The lowest BCUT2D eigenvalue weighted by molar-refractivity contribution is -0.128. The van der Waals surface area contributed by atoms with Crippen molar-refractivity contribution in [3.8, 4) is 0 Å². The molecule has 170 valence electrons. The van der Waals surface area contributed by atoms with Gasteiger partial charge < -0.3 is 15.5 Å². The molecule has 1 aromatic carbocycles. The minimum Gasteiger partial charge on any atom is -0.342 e. The lowest BCUT2D eigenvalue weighted by Gasteiger charge is -2.32. The molecule has 1 atom stereocenters. The van der Waals surface area contributed by atoms with Gasteiger partial charge in [-0.3, -0.25) is 9.78 Å². The second-order valence-electron chi connectivity index (χ2n) is 8.26. The van der Waals surface area contributed by atoms with Gasteiger partial charge in [0.25, 0.3) is 0 Å². The first-order valence-corrected chi connectivity index (χ1v) is 12.2. The molecule has 0 aliphatic carbocycles. The van der Waals surface area contributed by atoms with Gasteiger partial charge in [-0.15, -0.1) is 0 Å². The van der Waals surface area contributed by atoms with Crippen molar-refractivity contribution in [2.24, 2.45) is 5.92 Å². The van der Waals surface area contributed by atoms with Crippen LogP contribution in [0.5, 0.6) is 0 Å². The van der Waals surface area contributed by atoms with Crippen molar-refractivity contribution in [1.82, 2.24) is 19.5 Å². The first-order valence-electron chi connectivity index (χ1n) is 11.1. The molecule has 0 spiro atoms. The maximum absolute atomic E-state index is 13.0. The number of benzene rings is 1. The van der Waals surface area contributed by atoms with E-state index in [1.54, 1.807) is 36.7 Å². The van der Waals surface area contributed by atoms with E-state index in [0.29, 0.717) is 24.6 Å². The molecule has 4 rings (SSSR count). The van der Waals surface area contributed by atoms with Crippen LogP contribution in [0.25, 0.3) is 0 Å². The van der Waals surface area contributed by atoms with Crippen LogP contribution in [0.4, 0.5) is 10.5 Å². The fraction of sp³-hybridized carbons (Fsp3) is 0.435. The Kier molecular flexibility index (Phi) is 7.49. The number of carbonyl (C=O) groups is 2. The molecule has 1 aromatic heterocycles. The smallest absolute Gasteiger partial charge is 0.319 e. The number of hydrogen-bond donors (Lipinski definition) is 2. The lowest BCUT2D eigenvalue weighted by Crippen LogP contribution is -2.39. The summed E-state index contributed by atoms with van der Waals surface area (Å²) in [7, 11) is -1.23. The quantitative estimate of drug-likeness (QED) is 0.671. The topological polar surface area (TPSA) is 94.6 Å². The summed E-state index contributed by atoms with van der Waals surface area (Å²) in [5.41, 5.74) is 1.56. The van der Waals surface area contributed by atoms with Crippen molar-refractivity contribution in [2.75, 3.05) is 31.5 Å². The maximum Gasteiger partial charge on any atom is 0.319 e. The van der Waals surface area contributed by atoms with Crippen molar-refractivity contribution in [1.29, 1.82) is 0 Å². The van der Waals surface area contributed by atoms with E-state index in [0.717, 1.165) is 55.9 Å². The van der Waals surface area contributed by atoms with Crippen LogP contribution in [0.15, 0.2) is 53.7 Å². The Bertz CT molecular complexity index is 946. The first kappa shape index (κ1) is 22.4. The van der Waals surface area contributed by atoms with Crippen LogP contribution in [0.2, 0.25) is 0 Å². The summed E-state index contributed by atoms with van der Waals surface area (Å²) in [6, 6.07) is 10.5. The molecule has 9 heteroatoms. The highest BCUT2D eigenvalue weighted by atomic mass is 32.2. The zero-order valence-corrected chi connectivity index (χ0v) is 18.9. The first-order chi connectivity index (χ1) is 15.6. The molecule has 32 heavy (non-hydrogen) atoms. The molecular formula is C23H29N5O3S. The molecular weight excluding hydrogens is 426 g/mol. The molecule has 2 fully saturated rings. The zero-order valence-electron chi connectivity index (χ0n) is 18.0. The van der Waals surface area contributed by atoms with Crippen LogP contribution >= 0.6 is 0 Å². The number of hydrogen-bond acceptors (Lipinski definition) is 4. The third-order valence-electron chi connectivity index (χ3n) is 5.95. The van der Waals surface area contributed by atoms with Crippen LogP contribution in [-0.4, -0.2) is 56.5 Å². The summed E-state index contributed by atoms with van der Waals surface area (Å²) in [5.74, 6) is 0.762. The van der Waals surface area contributed by atoms with E-state index in [4.69, 9.17) is 0 Å². The summed E-state index contributed by atoms with van der Waals surface area (Å²) < 4.78 is 15.0. The lowest BCUT2D eigenvalue weighted by atomic mass is 9.98. The van der Waals surface area contributed by atoms with Crippen molar-refractivity contribution in [3.63, 3.8) is 0 Å². The van der Waals surface area contributed by atoms with E-state index in [1.807, 2.05) is 21.3 Å². The summed E-state index contributed by atoms with van der Waals surface area (Å²) in [5, 5.41) is 5.57. The third-order valence-corrected chi connectivity index (χ3v) is 7.46. The van der Waals surface area contributed by atoms with Crippen LogP contribution in [0.3, 0.4) is 0 Å². The molecule has 2 N–H and O–H groups in total. The van der Waals surface area contributed by atoms with Gasteiger partial charge in [-0.25, -0.2) is 13.3 Å². The number of likely N-dealkylation sites (tertiary alicyclic amines) is 1. The van der Waals surface area contributed by atoms with E-state index in [1.165, 1.54) is 0 Å². The Hall–Kier alpha value is -2.78.